The molecular formula is C16H23FN4O3S. The van der Waals surface area contributed by atoms with Gasteiger partial charge in [0.15, 0.2) is 0 Å². The van der Waals surface area contributed by atoms with E-state index >= 15 is 0 Å². The van der Waals surface area contributed by atoms with Crippen molar-refractivity contribution in [1.29, 1.82) is 0 Å². The average molecular weight is 370 g/mol. The Hall–Kier alpha value is -1.55. The highest BCUT2D eigenvalue weighted by Crippen LogP contribution is 2.30. The lowest BCUT2D eigenvalue weighted by molar-refractivity contribution is -0.122. The molecule has 0 radical (unpaired) electrons. The van der Waals surface area contributed by atoms with Gasteiger partial charge in [0.2, 0.25) is 5.91 Å². The molecule has 3 N–H and O–H groups in total. The smallest absolute Gasteiger partial charge is 0.282 e. The number of rotatable bonds is 4. The fraction of sp³-hybridized carbons (Fsp3) is 0.562. The minimum atomic E-state index is -3.73. The van der Waals surface area contributed by atoms with Crippen molar-refractivity contribution in [2.45, 2.75) is 24.8 Å². The summed E-state index contributed by atoms with van der Waals surface area (Å²) in [6.07, 6.45) is 1.33. The number of benzene rings is 1. The van der Waals surface area contributed by atoms with Gasteiger partial charge in [-0.2, -0.15) is 17.0 Å². The van der Waals surface area contributed by atoms with Crippen LogP contribution in [0.2, 0.25) is 0 Å². The number of amides is 1. The van der Waals surface area contributed by atoms with E-state index in [-0.39, 0.29) is 24.8 Å². The van der Waals surface area contributed by atoms with Crippen molar-refractivity contribution in [3.63, 3.8) is 0 Å². The van der Waals surface area contributed by atoms with Crippen molar-refractivity contribution in [2.24, 2.45) is 5.73 Å². The maximum absolute atomic E-state index is 13.0. The molecule has 1 aromatic rings. The van der Waals surface area contributed by atoms with E-state index in [4.69, 9.17) is 5.73 Å². The summed E-state index contributed by atoms with van der Waals surface area (Å²) in [5.74, 6) is -0.709. The second-order valence-corrected chi connectivity index (χ2v) is 8.35. The van der Waals surface area contributed by atoms with Gasteiger partial charge in [0.25, 0.3) is 10.2 Å². The lowest BCUT2D eigenvalue weighted by atomic mass is 9.90. The Morgan fingerprint density at radius 2 is 1.80 bits per heavy atom. The van der Waals surface area contributed by atoms with Gasteiger partial charge in [-0.25, -0.2) is 4.39 Å². The molecule has 0 aromatic heterocycles. The van der Waals surface area contributed by atoms with E-state index in [2.05, 4.69) is 5.32 Å². The lowest BCUT2D eigenvalue weighted by Crippen LogP contribution is -2.61. The number of primary amides is 1. The quantitative estimate of drug-likeness (QED) is 0.780. The Morgan fingerprint density at radius 1 is 1.16 bits per heavy atom. The summed E-state index contributed by atoms with van der Waals surface area (Å²) in [5.41, 5.74) is 6.38. The first-order valence-corrected chi connectivity index (χ1v) is 9.81. The van der Waals surface area contributed by atoms with Crippen LogP contribution < -0.4 is 11.1 Å². The third-order valence-electron chi connectivity index (χ3n) is 4.94. The Bertz CT molecular complexity index is 717. The molecule has 1 atom stereocenters. The van der Waals surface area contributed by atoms with Crippen LogP contribution in [-0.2, 0) is 15.0 Å². The molecule has 0 spiro atoms. The zero-order valence-electron chi connectivity index (χ0n) is 13.9. The first-order valence-electron chi connectivity index (χ1n) is 8.42. The highest BCUT2D eigenvalue weighted by atomic mass is 32.2. The molecule has 2 aliphatic heterocycles. The number of nitrogens with zero attached hydrogens (tertiary/aromatic N) is 2. The minimum absolute atomic E-state index is 0.210. The summed E-state index contributed by atoms with van der Waals surface area (Å²) in [6, 6.07) is 5.51. The van der Waals surface area contributed by atoms with Gasteiger partial charge in [0.05, 0.1) is 0 Å². The fourth-order valence-electron chi connectivity index (χ4n) is 3.51. The summed E-state index contributed by atoms with van der Waals surface area (Å²) in [6.45, 7) is 1.71. The molecule has 2 heterocycles. The number of carbonyl (C=O) groups is 1. The van der Waals surface area contributed by atoms with Crippen molar-refractivity contribution in [2.75, 3.05) is 32.7 Å². The first-order chi connectivity index (χ1) is 11.9. The molecule has 2 aliphatic rings. The van der Waals surface area contributed by atoms with E-state index in [1.165, 1.54) is 20.7 Å². The number of halogens is 1. The van der Waals surface area contributed by atoms with Crippen LogP contribution in [0.15, 0.2) is 24.3 Å². The van der Waals surface area contributed by atoms with Gasteiger partial charge in [0.1, 0.15) is 11.9 Å². The van der Waals surface area contributed by atoms with Crippen LogP contribution in [0.1, 0.15) is 24.3 Å². The second kappa shape index (κ2) is 7.36. The van der Waals surface area contributed by atoms with Crippen LogP contribution >= 0.6 is 0 Å². The third kappa shape index (κ3) is 3.84. The van der Waals surface area contributed by atoms with E-state index in [9.17, 15) is 17.6 Å². The molecule has 7 nitrogen and oxygen atoms in total. The normalized spacial score (nSPS) is 24.3. The summed E-state index contributed by atoms with van der Waals surface area (Å²) in [4.78, 5) is 11.6. The fourth-order valence-corrected chi connectivity index (χ4v) is 5.30. The van der Waals surface area contributed by atoms with Crippen LogP contribution in [-0.4, -0.2) is 61.7 Å². The molecule has 3 rings (SSSR count). The SMILES string of the molecule is NC(=O)[C@H]1CNCCN1S(=O)(=O)N1CCC(c2ccc(F)cc2)CC1. The number of carbonyl (C=O) groups excluding carboxylic acids is 1. The van der Waals surface area contributed by atoms with Crippen LogP contribution in [0.4, 0.5) is 4.39 Å². The van der Waals surface area contributed by atoms with Crippen LogP contribution in [0.3, 0.4) is 0 Å². The number of piperidine rings is 1. The van der Waals surface area contributed by atoms with Gasteiger partial charge < -0.3 is 11.1 Å². The molecule has 2 saturated heterocycles. The molecule has 0 aliphatic carbocycles. The standard InChI is InChI=1S/C16H23FN4O3S/c17-14-3-1-12(2-4-14)13-5-8-20(9-6-13)25(23,24)21-10-7-19-11-15(21)16(18)22/h1-4,13,15,19H,5-11H2,(H2,18,22)/t15-/m1/s1. The van der Waals surface area contributed by atoms with Gasteiger partial charge in [-0.1, -0.05) is 12.1 Å². The molecule has 1 aromatic carbocycles. The summed E-state index contributed by atoms with van der Waals surface area (Å²) in [5, 5.41) is 3.00. The number of hydrogen-bond acceptors (Lipinski definition) is 4. The van der Waals surface area contributed by atoms with Gasteiger partial charge in [-0.3, -0.25) is 4.79 Å². The number of piperazine rings is 1. The van der Waals surface area contributed by atoms with Crippen LogP contribution in [0.5, 0.6) is 0 Å². The molecule has 0 bridgehead atoms. The maximum Gasteiger partial charge on any atom is 0.282 e. The predicted molar refractivity (Wildman–Crippen MR) is 91.4 cm³/mol. The summed E-state index contributed by atoms with van der Waals surface area (Å²) >= 11 is 0. The Labute approximate surface area is 147 Å². The molecular weight excluding hydrogens is 347 g/mol. The second-order valence-electron chi connectivity index (χ2n) is 6.47. The largest absolute Gasteiger partial charge is 0.368 e. The van der Waals surface area contributed by atoms with Crippen LogP contribution in [0.25, 0.3) is 0 Å². The Kier molecular flexibility index (Phi) is 5.38. The topological polar surface area (TPSA) is 95.7 Å². The van der Waals surface area contributed by atoms with Gasteiger partial charge in [0, 0.05) is 32.7 Å². The van der Waals surface area contributed by atoms with Gasteiger partial charge in [-0.05, 0) is 36.5 Å². The Morgan fingerprint density at radius 3 is 2.40 bits per heavy atom. The van der Waals surface area contributed by atoms with Crippen molar-refractivity contribution in [3.05, 3.63) is 35.6 Å². The lowest BCUT2D eigenvalue weighted by Gasteiger charge is -2.39. The van der Waals surface area contributed by atoms with Crippen molar-refractivity contribution in [1.82, 2.24) is 13.9 Å². The van der Waals surface area contributed by atoms with E-state index in [0.717, 1.165) is 5.56 Å². The minimum Gasteiger partial charge on any atom is -0.368 e. The monoisotopic (exact) mass is 370 g/mol. The molecule has 1 amide bonds. The zero-order valence-corrected chi connectivity index (χ0v) is 14.7. The van der Waals surface area contributed by atoms with Crippen molar-refractivity contribution in [3.8, 4) is 0 Å². The van der Waals surface area contributed by atoms with Crippen molar-refractivity contribution >= 4 is 16.1 Å². The van der Waals surface area contributed by atoms with E-state index in [0.29, 0.717) is 32.5 Å². The maximum atomic E-state index is 13.0. The van der Waals surface area contributed by atoms with Crippen LogP contribution in [0, 0.1) is 5.82 Å². The molecule has 0 unspecified atom stereocenters. The van der Waals surface area contributed by atoms with Gasteiger partial charge in [-0.15, -0.1) is 0 Å². The molecule has 138 valence electrons. The zero-order chi connectivity index (χ0) is 18.0. The van der Waals surface area contributed by atoms with E-state index < -0.39 is 22.2 Å². The molecule has 9 heteroatoms. The Balaban J connectivity index is 1.68. The highest BCUT2D eigenvalue weighted by Gasteiger charge is 2.40. The highest BCUT2D eigenvalue weighted by molar-refractivity contribution is 7.86. The average Bonchev–Trinajstić information content (AvgIpc) is 2.62. The van der Waals surface area contributed by atoms with E-state index in [1.807, 2.05) is 0 Å². The predicted octanol–water partition coefficient (Wildman–Crippen LogP) is 0.00900. The van der Waals surface area contributed by atoms with Gasteiger partial charge >= 0.3 is 0 Å². The molecule has 2 fully saturated rings. The third-order valence-corrected chi connectivity index (χ3v) is 6.99. The number of nitrogens with two attached hydrogens (primary N) is 1. The number of hydrogen-bond donors (Lipinski definition) is 2. The molecule has 0 saturated carbocycles. The molecule has 25 heavy (non-hydrogen) atoms. The first kappa shape index (κ1) is 18.2. The number of nitrogens with one attached hydrogen (secondary N) is 1. The van der Waals surface area contributed by atoms with E-state index in [1.54, 1.807) is 12.1 Å². The van der Waals surface area contributed by atoms with Crippen molar-refractivity contribution < 1.29 is 17.6 Å². The summed E-state index contributed by atoms with van der Waals surface area (Å²) in [7, 11) is -3.73. The summed E-state index contributed by atoms with van der Waals surface area (Å²) < 4.78 is 41.5.